The van der Waals surface area contributed by atoms with Crippen LogP contribution in [0.4, 0.5) is 0 Å². The Morgan fingerprint density at radius 2 is 1.58 bits per heavy atom. The van der Waals surface area contributed by atoms with Gasteiger partial charge in [0.15, 0.2) is 0 Å². The summed E-state index contributed by atoms with van der Waals surface area (Å²) in [6.07, 6.45) is 17.5. The van der Waals surface area contributed by atoms with E-state index >= 15 is 0 Å². The van der Waals surface area contributed by atoms with Crippen LogP contribution in [0.1, 0.15) is 90.9 Å². The Hall–Kier alpha value is -0.0400. The number of hydrogen-bond acceptors (Lipinski definition) is 1. The molecule has 0 spiro atoms. The lowest BCUT2D eigenvalue weighted by molar-refractivity contribution is 0.122. The summed E-state index contributed by atoms with van der Waals surface area (Å²) in [5, 5.41) is 4.00. The summed E-state index contributed by atoms with van der Waals surface area (Å²) in [5.74, 6) is 0.965. The molecule has 0 heterocycles. The smallest absolute Gasteiger partial charge is 0.0152 e. The summed E-state index contributed by atoms with van der Waals surface area (Å²) in [7, 11) is 0. The van der Waals surface area contributed by atoms with Gasteiger partial charge in [-0.3, -0.25) is 0 Å². The Bertz CT molecular complexity index is 234. The van der Waals surface area contributed by atoms with Gasteiger partial charge in [-0.15, -0.1) is 0 Å². The molecule has 1 nitrogen and oxygen atoms in total. The predicted molar refractivity (Wildman–Crippen MR) is 84.5 cm³/mol. The Morgan fingerprint density at radius 3 is 2.11 bits per heavy atom. The van der Waals surface area contributed by atoms with Crippen LogP contribution in [0.5, 0.6) is 0 Å². The molecule has 1 heteroatoms. The van der Waals surface area contributed by atoms with Crippen LogP contribution in [0.3, 0.4) is 0 Å². The SMILES string of the molecule is CCCNC(C1CCCCCC1)C1(CC)CCCC1. The summed E-state index contributed by atoms with van der Waals surface area (Å²) in [5.41, 5.74) is 0.643. The van der Waals surface area contributed by atoms with Crippen LogP contribution >= 0.6 is 0 Å². The van der Waals surface area contributed by atoms with E-state index in [0.29, 0.717) is 5.41 Å². The van der Waals surface area contributed by atoms with Gasteiger partial charge < -0.3 is 5.32 Å². The Balaban J connectivity index is 2.08. The fraction of sp³-hybridized carbons (Fsp3) is 1.00. The van der Waals surface area contributed by atoms with Crippen LogP contribution in [-0.4, -0.2) is 12.6 Å². The molecule has 2 fully saturated rings. The van der Waals surface area contributed by atoms with Crippen molar-refractivity contribution in [1.29, 1.82) is 0 Å². The zero-order chi connectivity index (χ0) is 13.6. The molecule has 2 aliphatic carbocycles. The molecule has 1 unspecified atom stereocenters. The maximum absolute atomic E-state index is 4.00. The van der Waals surface area contributed by atoms with E-state index in [1.165, 1.54) is 83.6 Å². The Kier molecular flexibility index (Phi) is 6.19. The van der Waals surface area contributed by atoms with Crippen molar-refractivity contribution in [2.24, 2.45) is 11.3 Å². The van der Waals surface area contributed by atoms with E-state index in [2.05, 4.69) is 19.2 Å². The lowest BCUT2D eigenvalue weighted by atomic mass is 9.69. The van der Waals surface area contributed by atoms with E-state index in [1.807, 2.05) is 0 Å². The fourth-order valence-electron chi connectivity index (χ4n) is 4.79. The van der Waals surface area contributed by atoms with E-state index < -0.39 is 0 Å². The molecule has 1 N–H and O–H groups in total. The lowest BCUT2D eigenvalue weighted by Gasteiger charge is -2.42. The van der Waals surface area contributed by atoms with Crippen molar-refractivity contribution in [2.45, 2.75) is 96.9 Å². The normalized spacial score (nSPS) is 26.2. The third-order valence-corrected chi connectivity index (χ3v) is 5.95. The highest BCUT2D eigenvalue weighted by Gasteiger charge is 2.42. The van der Waals surface area contributed by atoms with Crippen LogP contribution in [0.15, 0.2) is 0 Å². The number of rotatable bonds is 6. The zero-order valence-corrected chi connectivity index (χ0v) is 13.3. The molecule has 19 heavy (non-hydrogen) atoms. The molecule has 2 rings (SSSR count). The van der Waals surface area contributed by atoms with Gasteiger partial charge in [-0.1, -0.05) is 52.4 Å². The Morgan fingerprint density at radius 1 is 0.947 bits per heavy atom. The van der Waals surface area contributed by atoms with E-state index in [1.54, 1.807) is 0 Å². The van der Waals surface area contributed by atoms with E-state index in [9.17, 15) is 0 Å². The molecule has 2 saturated carbocycles. The minimum absolute atomic E-state index is 0.643. The number of nitrogens with one attached hydrogen (secondary N) is 1. The van der Waals surface area contributed by atoms with Crippen molar-refractivity contribution in [3.8, 4) is 0 Å². The van der Waals surface area contributed by atoms with Gasteiger partial charge in [-0.25, -0.2) is 0 Å². The molecule has 0 aliphatic heterocycles. The summed E-state index contributed by atoms with van der Waals surface area (Å²) in [6, 6.07) is 0.818. The van der Waals surface area contributed by atoms with Crippen molar-refractivity contribution >= 4 is 0 Å². The molecule has 0 radical (unpaired) electrons. The highest BCUT2D eigenvalue weighted by atomic mass is 14.9. The third-order valence-electron chi connectivity index (χ3n) is 5.95. The maximum atomic E-state index is 4.00. The van der Waals surface area contributed by atoms with Crippen LogP contribution in [0.2, 0.25) is 0 Å². The molecule has 112 valence electrons. The average molecular weight is 265 g/mol. The summed E-state index contributed by atoms with van der Waals surface area (Å²) in [6.45, 7) is 5.98. The molecule has 0 aromatic carbocycles. The fourth-order valence-corrected chi connectivity index (χ4v) is 4.79. The van der Waals surface area contributed by atoms with Crippen LogP contribution in [0.25, 0.3) is 0 Å². The van der Waals surface area contributed by atoms with Crippen LogP contribution in [0, 0.1) is 11.3 Å². The van der Waals surface area contributed by atoms with Gasteiger partial charge in [-0.05, 0) is 56.4 Å². The van der Waals surface area contributed by atoms with Crippen molar-refractivity contribution in [3.63, 3.8) is 0 Å². The van der Waals surface area contributed by atoms with Gasteiger partial charge in [0.05, 0.1) is 0 Å². The van der Waals surface area contributed by atoms with Crippen molar-refractivity contribution in [2.75, 3.05) is 6.54 Å². The second kappa shape index (κ2) is 7.67. The molecule has 0 saturated heterocycles. The predicted octanol–water partition coefficient (Wildman–Crippen LogP) is 5.30. The third kappa shape index (κ3) is 3.74. The van der Waals surface area contributed by atoms with Gasteiger partial charge >= 0.3 is 0 Å². The summed E-state index contributed by atoms with van der Waals surface area (Å²) < 4.78 is 0. The quantitative estimate of drug-likeness (QED) is 0.643. The minimum Gasteiger partial charge on any atom is -0.313 e. The second-order valence-corrected chi connectivity index (χ2v) is 7.11. The molecule has 0 bridgehead atoms. The molecule has 0 aromatic rings. The average Bonchev–Trinajstić information content (AvgIpc) is 2.76. The van der Waals surface area contributed by atoms with Gasteiger partial charge in [0.2, 0.25) is 0 Å². The first-order valence-electron chi connectivity index (χ1n) is 9.06. The second-order valence-electron chi connectivity index (χ2n) is 7.11. The highest BCUT2D eigenvalue weighted by Crippen LogP contribution is 2.48. The zero-order valence-electron chi connectivity index (χ0n) is 13.3. The Labute approximate surface area is 120 Å². The lowest BCUT2D eigenvalue weighted by Crippen LogP contribution is -2.49. The van der Waals surface area contributed by atoms with Crippen molar-refractivity contribution < 1.29 is 0 Å². The topological polar surface area (TPSA) is 12.0 Å². The van der Waals surface area contributed by atoms with Gasteiger partial charge in [0.1, 0.15) is 0 Å². The number of hydrogen-bond donors (Lipinski definition) is 1. The summed E-state index contributed by atoms with van der Waals surface area (Å²) in [4.78, 5) is 0. The minimum atomic E-state index is 0.643. The first kappa shape index (κ1) is 15.4. The van der Waals surface area contributed by atoms with Crippen molar-refractivity contribution in [1.82, 2.24) is 5.32 Å². The standard InChI is InChI=1S/C18H35N/c1-3-15-19-17(16-11-7-5-6-8-12-16)18(4-2)13-9-10-14-18/h16-17,19H,3-15H2,1-2H3. The van der Waals surface area contributed by atoms with E-state index in [0.717, 1.165) is 12.0 Å². The van der Waals surface area contributed by atoms with Gasteiger partial charge in [0.25, 0.3) is 0 Å². The highest BCUT2D eigenvalue weighted by molar-refractivity contribution is 4.97. The van der Waals surface area contributed by atoms with E-state index in [-0.39, 0.29) is 0 Å². The first-order valence-corrected chi connectivity index (χ1v) is 9.06. The van der Waals surface area contributed by atoms with Crippen LogP contribution < -0.4 is 5.32 Å². The molecular weight excluding hydrogens is 230 g/mol. The molecule has 1 atom stereocenters. The van der Waals surface area contributed by atoms with Crippen LogP contribution in [-0.2, 0) is 0 Å². The van der Waals surface area contributed by atoms with Gasteiger partial charge in [-0.2, -0.15) is 0 Å². The first-order chi connectivity index (χ1) is 9.32. The molecule has 0 amide bonds. The molecular formula is C18H35N. The molecule has 0 aromatic heterocycles. The molecule has 2 aliphatic rings. The maximum Gasteiger partial charge on any atom is 0.0152 e. The van der Waals surface area contributed by atoms with Gasteiger partial charge in [0, 0.05) is 6.04 Å². The van der Waals surface area contributed by atoms with Crippen molar-refractivity contribution in [3.05, 3.63) is 0 Å². The summed E-state index contributed by atoms with van der Waals surface area (Å²) >= 11 is 0. The van der Waals surface area contributed by atoms with E-state index in [4.69, 9.17) is 0 Å². The monoisotopic (exact) mass is 265 g/mol. The largest absolute Gasteiger partial charge is 0.313 e.